The van der Waals surface area contributed by atoms with E-state index in [2.05, 4.69) is 9.78 Å². The topological polar surface area (TPSA) is 105 Å². The van der Waals surface area contributed by atoms with E-state index < -0.39 is 30.6 Å². The van der Waals surface area contributed by atoms with Crippen LogP contribution in [-0.4, -0.2) is 52.5 Å². The van der Waals surface area contributed by atoms with Crippen molar-refractivity contribution in [2.75, 3.05) is 6.61 Å². The van der Waals surface area contributed by atoms with Gasteiger partial charge in [0, 0.05) is 6.92 Å². The Morgan fingerprint density at radius 3 is 2.57 bits per heavy atom. The number of carbonyl (C=O) groups excluding carboxylic acids is 1. The van der Waals surface area contributed by atoms with Gasteiger partial charge in [-0.3, -0.25) is 4.89 Å². The molecule has 0 bridgehead atoms. The molecule has 14 heavy (non-hydrogen) atoms. The monoisotopic (exact) mass is 208 g/mol. The van der Waals surface area contributed by atoms with Crippen LogP contribution in [0.25, 0.3) is 0 Å². The maximum Gasteiger partial charge on any atom is 0.339 e. The smallest absolute Gasteiger partial charge is 0.339 e. The average molecular weight is 208 g/mol. The molecule has 7 nitrogen and oxygen atoms in total. The van der Waals surface area contributed by atoms with E-state index in [0.717, 1.165) is 6.92 Å². The minimum absolute atomic E-state index is 0.204. The fourth-order valence-electron chi connectivity index (χ4n) is 0.979. The zero-order valence-electron chi connectivity index (χ0n) is 7.49. The van der Waals surface area contributed by atoms with Crippen molar-refractivity contribution >= 4 is 5.97 Å². The molecule has 0 aromatic carbocycles. The molecule has 3 N–H and O–H groups in total. The zero-order chi connectivity index (χ0) is 10.7. The molecule has 0 spiro atoms. The summed E-state index contributed by atoms with van der Waals surface area (Å²) < 4.78 is 4.76. The first-order chi connectivity index (χ1) is 6.52. The number of hydrogen-bond acceptors (Lipinski definition) is 7. The Morgan fingerprint density at radius 1 is 1.36 bits per heavy atom. The summed E-state index contributed by atoms with van der Waals surface area (Å²) in [7, 11) is 0. The van der Waals surface area contributed by atoms with Crippen LogP contribution in [-0.2, 0) is 19.3 Å². The highest BCUT2D eigenvalue weighted by Gasteiger charge is 2.39. The van der Waals surface area contributed by atoms with E-state index in [1.807, 2.05) is 0 Å². The van der Waals surface area contributed by atoms with Gasteiger partial charge in [-0.2, -0.15) is 0 Å². The minimum atomic E-state index is -1.46. The molecule has 1 saturated heterocycles. The largest absolute Gasteiger partial charge is 0.388 e. The van der Waals surface area contributed by atoms with Crippen LogP contribution in [0.2, 0.25) is 0 Å². The summed E-state index contributed by atoms with van der Waals surface area (Å²) in [4.78, 5) is 18.8. The summed E-state index contributed by atoms with van der Waals surface area (Å²) in [5.41, 5.74) is 0. The lowest BCUT2D eigenvalue weighted by molar-refractivity contribution is -0.391. The van der Waals surface area contributed by atoms with Crippen molar-refractivity contribution in [2.45, 2.75) is 31.5 Å². The van der Waals surface area contributed by atoms with Crippen molar-refractivity contribution in [1.82, 2.24) is 0 Å². The molecule has 0 radical (unpaired) electrons. The van der Waals surface area contributed by atoms with Gasteiger partial charge in [0.05, 0.1) is 6.61 Å². The van der Waals surface area contributed by atoms with Crippen LogP contribution in [0.15, 0.2) is 0 Å². The van der Waals surface area contributed by atoms with Gasteiger partial charge in [-0.25, -0.2) is 4.79 Å². The van der Waals surface area contributed by atoms with Gasteiger partial charge >= 0.3 is 5.97 Å². The molecule has 1 aliphatic rings. The van der Waals surface area contributed by atoms with Crippen molar-refractivity contribution in [2.24, 2.45) is 0 Å². The van der Waals surface area contributed by atoms with Crippen LogP contribution in [0.3, 0.4) is 0 Å². The first-order valence-electron chi connectivity index (χ1n) is 4.02. The van der Waals surface area contributed by atoms with Gasteiger partial charge in [-0.1, -0.05) is 0 Å². The second-order valence-corrected chi connectivity index (χ2v) is 2.92. The van der Waals surface area contributed by atoms with Gasteiger partial charge in [0.2, 0.25) is 6.29 Å². The quantitative estimate of drug-likeness (QED) is 0.353. The lowest BCUT2D eigenvalue weighted by Gasteiger charge is -2.33. The summed E-state index contributed by atoms with van der Waals surface area (Å²) in [6.07, 6.45) is -5.30. The first-order valence-corrected chi connectivity index (χ1v) is 4.02. The van der Waals surface area contributed by atoms with Crippen LogP contribution < -0.4 is 0 Å². The van der Waals surface area contributed by atoms with Crippen LogP contribution in [0.5, 0.6) is 0 Å². The number of aliphatic hydroxyl groups is 3. The van der Waals surface area contributed by atoms with E-state index in [9.17, 15) is 15.0 Å². The first kappa shape index (κ1) is 11.3. The van der Waals surface area contributed by atoms with Crippen molar-refractivity contribution in [3.8, 4) is 0 Å². The van der Waals surface area contributed by atoms with Crippen molar-refractivity contribution < 1.29 is 34.6 Å². The van der Waals surface area contributed by atoms with E-state index in [-0.39, 0.29) is 6.61 Å². The zero-order valence-corrected chi connectivity index (χ0v) is 7.49. The molecule has 1 fully saturated rings. The molecule has 1 heterocycles. The van der Waals surface area contributed by atoms with Gasteiger partial charge in [-0.15, -0.1) is 4.89 Å². The third-order valence-corrected chi connectivity index (χ3v) is 1.71. The van der Waals surface area contributed by atoms with Gasteiger partial charge in [0.15, 0.2) is 0 Å². The van der Waals surface area contributed by atoms with Crippen LogP contribution in [0, 0.1) is 0 Å². The molecule has 1 rings (SSSR count). The SMILES string of the molecule is CC(=O)OOC1OC[C@@H](O)[C@H](O)[C@H]1O. The molecule has 82 valence electrons. The standard InChI is InChI=1S/C7H12O7/c1-3(8)13-14-7-6(11)5(10)4(9)2-12-7/h4-7,9-11H,2H2,1H3/t4-,5+,6-,7?/m1/s1. The molecule has 4 atom stereocenters. The van der Waals surface area contributed by atoms with E-state index in [0.29, 0.717) is 0 Å². The highest BCUT2D eigenvalue weighted by Crippen LogP contribution is 2.16. The third kappa shape index (κ3) is 2.63. The summed E-state index contributed by atoms with van der Waals surface area (Å²) in [5.74, 6) is -0.707. The Hall–Kier alpha value is -0.730. The average Bonchev–Trinajstić information content (AvgIpc) is 2.13. The fraction of sp³-hybridized carbons (Fsp3) is 0.857. The molecule has 0 amide bonds. The molecular weight excluding hydrogens is 196 g/mol. The van der Waals surface area contributed by atoms with Crippen LogP contribution in [0.4, 0.5) is 0 Å². The number of aliphatic hydroxyl groups excluding tert-OH is 3. The third-order valence-electron chi connectivity index (χ3n) is 1.71. The van der Waals surface area contributed by atoms with E-state index in [1.165, 1.54) is 0 Å². The Morgan fingerprint density at radius 2 is 2.00 bits per heavy atom. The Balaban J connectivity index is 2.42. The highest BCUT2D eigenvalue weighted by molar-refractivity contribution is 5.65. The Kier molecular flexibility index (Phi) is 3.78. The maximum atomic E-state index is 10.3. The fourth-order valence-corrected chi connectivity index (χ4v) is 0.979. The number of rotatable bonds is 2. The molecule has 1 aliphatic heterocycles. The molecule has 0 aromatic rings. The molecule has 0 saturated carbocycles. The van der Waals surface area contributed by atoms with Crippen molar-refractivity contribution in [1.29, 1.82) is 0 Å². The van der Waals surface area contributed by atoms with Crippen LogP contribution >= 0.6 is 0 Å². The maximum absolute atomic E-state index is 10.3. The predicted octanol–water partition coefficient (Wildman–Crippen LogP) is -2.08. The number of carbonyl (C=O) groups is 1. The lowest BCUT2D eigenvalue weighted by Crippen LogP contribution is -2.53. The van der Waals surface area contributed by atoms with E-state index in [4.69, 9.17) is 9.84 Å². The molecule has 0 aliphatic carbocycles. The second-order valence-electron chi connectivity index (χ2n) is 2.92. The summed E-state index contributed by atoms with van der Waals surface area (Å²) in [6.45, 7) is 0.907. The van der Waals surface area contributed by atoms with Gasteiger partial charge in [0.25, 0.3) is 0 Å². The van der Waals surface area contributed by atoms with Gasteiger partial charge < -0.3 is 20.1 Å². The molecule has 0 aromatic heterocycles. The molecular formula is C7H12O7. The summed E-state index contributed by atoms with van der Waals surface area (Å²) in [6, 6.07) is 0. The summed E-state index contributed by atoms with van der Waals surface area (Å²) >= 11 is 0. The normalized spacial score (nSPS) is 38.0. The van der Waals surface area contributed by atoms with Crippen molar-refractivity contribution in [3.05, 3.63) is 0 Å². The molecule has 7 heteroatoms. The number of hydrogen-bond donors (Lipinski definition) is 3. The van der Waals surface area contributed by atoms with E-state index >= 15 is 0 Å². The minimum Gasteiger partial charge on any atom is -0.388 e. The van der Waals surface area contributed by atoms with Crippen LogP contribution in [0.1, 0.15) is 6.92 Å². The van der Waals surface area contributed by atoms with Crippen molar-refractivity contribution in [3.63, 3.8) is 0 Å². The predicted molar refractivity (Wildman–Crippen MR) is 40.6 cm³/mol. The Bertz CT molecular complexity index is 206. The number of ether oxygens (including phenoxy) is 1. The Labute approximate surface area is 79.7 Å². The highest BCUT2D eigenvalue weighted by atomic mass is 17.2. The molecule has 1 unspecified atom stereocenters. The van der Waals surface area contributed by atoms with Gasteiger partial charge in [-0.05, 0) is 0 Å². The second kappa shape index (κ2) is 4.67. The lowest BCUT2D eigenvalue weighted by atomic mass is 10.1. The van der Waals surface area contributed by atoms with Gasteiger partial charge in [0.1, 0.15) is 18.3 Å². The summed E-state index contributed by atoms with van der Waals surface area (Å²) in [5, 5.41) is 27.5. The van der Waals surface area contributed by atoms with E-state index in [1.54, 1.807) is 0 Å².